The van der Waals surface area contributed by atoms with E-state index in [1.54, 1.807) is 11.3 Å². The molecule has 20 heavy (non-hydrogen) atoms. The first-order valence-corrected chi connectivity index (χ1v) is 7.78. The lowest BCUT2D eigenvalue weighted by Crippen LogP contribution is -2.27. The molecule has 1 heterocycles. The van der Waals surface area contributed by atoms with Gasteiger partial charge in [0, 0.05) is 22.5 Å². The summed E-state index contributed by atoms with van der Waals surface area (Å²) >= 11 is 1.69. The zero-order valence-corrected chi connectivity index (χ0v) is 12.1. The second kappa shape index (κ2) is 5.62. The molecule has 1 aliphatic carbocycles. The first kappa shape index (κ1) is 13.7. The molecule has 1 aromatic carbocycles. The van der Waals surface area contributed by atoms with Crippen molar-refractivity contribution in [2.75, 3.05) is 0 Å². The van der Waals surface area contributed by atoms with Crippen molar-refractivity contribution in [1.82, 2.24) is 5.32 Å². The van der Waals surface area contributed by atoms with Gasteiger partial charge in [0.05, 0.1) is 0 Å². The van der Waals surface area contributed by atoms with Gasteiger partial charge in [-0.2, -0.15) is 0 Å². The lowest BCUT2D eigenvalue weighted by atomic mass is 10.0. The van der Waals surface area contributed by atoms with Crippen LogP contribution < -0.4 is 5.32 Å². The Hall–Kier alpha value is -1.26. The maximum atomic E-state index is 13.8. The lowest BCUT2D eigenvalue weighted by Gasteiger charge is -2.23. The van der Waals surface area contributed by atoms with Crippen molar-refractivity contribution in [3.05, 3.63) is 57.8 Å². The average Bonchev–Trinajstić information content (AvgIpc) is 3.10. The van der Waals surface area contributed by atoms with Crippen LogP contribution in [0.3, 0.4) is 0 Å². The standard InChI is InChI=1S/C16H17F2NS/c1-10(15-12(17)4-2-5-13(15)18)19-16(11-7-8-11)14-6-3-9-20-14/h2-6,9-11,16,19H,7-8H2,1H3. The van der Waals surface area contributed by atoms with Crippen LogP contribution in [0.5, 0.6) is 0 Å². The Bertz CT molecular complexity index is 558. The highest BCUT2D eigenvalue weighted by Crippen LogP contribution is 2.43. The van der Waals surface area contributed by atoms with Crippen LogP contribution in [0.25, 0.3) is 0 Å². The minimum Gasteiger partial charge on any atom is -0.302 e. The van der Waals surface area contributed by atoms with Crippen LogP contribution >= 0.6 is 11.3 Å². The predicted molar refractivity (Wildman–Crippen MR) is 77.7 cm³/mol. The summed E-state index contributed by atoms with van der Waals surface area (Å²) in [5.41, 5.74) is 0.134. The predicted octanol–water partition coefficient (Wildman–Crippen LogP) is 4.83. The molecule has 1 aliphatic rings. The number of hydrogen-bond acceptors (Lipinski definition) is 2. The summed E-state index contributed by atoms with van der Waals surface area (Å²) in [5, 5.41) is 5.45. The molecule has 2 atom stereocenters. The normalized spacial score (nSPS) is 17.9. The Morgan fingerprint density at radius 2 is 1.85 bits per heavy atom. The van der Waals surface area contributed by atoms with E-state index in [0.717, 1.165) is 0 Å². The average molecular weight is 293 g/mol. The minimum absolute atomic E-state index is 0.134. The quantitative estimate of drug-likeness (QED) is 0.832. The van der Waals surface area contributed by atoms with Crippen LogP contribution in [-0.2, 0) is 0 Å². The van der Waals surface area contributed by atoms with Crippen LogP contribution in [0.4, 0.5) is 8.78 Å². The second-order valence-corrected chi connectivity index (χ2v) is 6.33. The van der Waals surface area contributed by atoms with Crippen LogP contribution in [0.2, 0.25) is 0 Å². The fourth-order valence-electron chi connectivity index (χ4n) is 2.63. The van der Waals surface area contributed by atoms with Gasteiger partial charge >= 0.3 is 0 Å². The Kier molecular flexibility index (Phi) is 3.85. The molecule has 106 valence electrons. The van der Waals surface area contributed by atoms with E-state index in [-0.39, 0.29) is 17.6 Å². The molecule has 0 amide bonds. The largest absolute Gasteiger partial charge is 0.302 e. The van der Waals surface area contributed by atoms with Gasteiger partial charge in [-0.25, -0.2) is 8.78 Å². The molecule has 4 heteroatoms. The van der Waals surface area contributed by atoms with E-state index in [9.17, 15) is 8.78 Å². The maximum absolute atomic E-state index is 13.8. The van der Waals surface area contributed by atoms with Gasteiger partial charge in [0.15, 0.2) is 0 Å². The van der Waals surface area contributed by atoms with Gasteiger partial charge in [0.2, 0.25) is 0 Å². The van der Waals surface area contributed by atoms with Crippen LogP contribution in [-0.4, -0.2) is 0 Å². The number of benzene rings is 1. The first-order valence-electron chi connectivity index (χ1n) is 6.90. The SMILES string of the molecule is CC(NC(c1cccs1)C1CC1)c1c(F)cccc1F. The number of thiophene rings is 1. The van der Waals surface area contributed by atoms with Gasteiger partial charge in [0.1, 0.15) is 11.6 Å². The molecule has 3 rings (SSSR count). The molecule has 2 unspecified atom stereocenters. The first-order chi connectivity index (χ1) is 9.66. The summed E-state index contributed by atoms with van der Waals surface area (Å²) in [6.45, 7) is 1.82. The molecule has 0 saturated heterocycles. The molecule has 2 aromatic rings. The van der Waals surface area contributed by atoms with Crippen molar-refractivity contribution in [3.63, 3.8) is 0 Å². The summed E-state index contributed by atoms with van der Waals surface area (Å²) in [5.74, 6) is -0.373. The zero-order valence-electron chi connectivity index (χ0n) is 11.3. The summed E-state index contributed by atoms with van der Waals surface area (Å²) in [4.78, 5) is 1.25. The van der Waals surface area contributed by atoms with Crippen molar-refractivity contribution in [3.8, 4) is 0 Å². The summed E-state index contributed by atoms with van der Waals surface area (Å²) in [7, 11) is 0. The number of rotatable bonds is 5. The highest BCUT2D eigenvalue weighted by molar-refractivity contribution is 7.10. The monoisotopic (exact) mass is 293 g/mol. The minimum atomic E-state index is -0.481. The molecule has 0 bridgehead atoms. The van der Waals surface area contributed by atoms with E-state index >= 15 is 0 Å². The van der Waals surface area contributed by atoms with Gasteiger partial charge in [-0.05, 0) is 49.3 Å². The molecule has 0 radical (unpaired) electrons. The van der Waals surface area contributed by atoms with E-state index in [2.05, 4.69) is 11.4 Å². The fraction of sp³-hybridized carbons (Fsp3) is 0.375. The topological polar surface area (TPSA) is 12.0 Å². The summed E-state index contributed by atoms with van der Waals surface area (Å²) in [6, 6.07) is 7.99. The Labute approximate surface area is 121 Å². The van der Waals surface area contributed by atoms with E-state index in [1.807, 2.05) is 18.4 Å². The summed E-state index contributed by atoms with van der Waals surface area (Å²) < 4.78 is 27.7. The molecule has 1 N–H and O–H groups in total. The van der Waals surface area contributed by atoms with Crippen LogP contribution in [0.15, 0.2) is 35.7 Å². The van der Waals surface area contributed by atoms with E-state index in [0.29, 0.717) is 5.92 Å². The molecule has 1 saturated carbocycles. The van der Waals surface area contributed by atoms with Crippen molar-refractivity contribution >= 4 is 11.3 Å². The fourth-order valence-corrected chi connectivity index (χ4v) is 3.50. The Morgan fingerprint density at radius 1 is 1.15 bits per heavy atom. The van der Waals surface area contributed by atoms with Crippen molar-refractivity contribution in [2.45, 2.75) is 31.8 Å². The number of nitrogens with one attached hydrogen (secondary N) is 1. The van der Waals surface area contributed by atoms with Gasteiger partial charge in [-0.3, -0.25) is 0 Å². The molecular weight excluding hydrogens is 276 g/mol. The van der Waals surface area contributed by atoms with Crippen LogP contribution in [0.1, 0.15) is 42.3 Å². The van der Waals surface area contributed by atoms with Crippen molar-refractivity contribution in [1.29, 1.82) is 0 Å². The van der Waals surface area contributed by atoms with Crippen LogP contribution in [0, 0.1) is 17.6 Å². The smallest absolute Gasteiger partial charge is 0.130 e. The van der Waals surface area contributed by atoms with Gasteiger partial charge in [-0.15, -0.1) is 11.3 Å². The zero-order chi connectivity index (χ0) is 14.1. The second-order valence-electron chi connectivity index (χ2n) is 5.35. The maximum Gasteiger partial charge on any atom is 0.130 e. The molecule has 1 aromatic heterocycles. The van der Waals surface area contributed by atoms with E-state index < -0.39 is 11.6 Å². The molecule has 1 nitrogen and oxygen atoms in total. The van der Waals surface area contributed by atoms with Gasteiger partial charge in [0.25, 0.3) is 0 Å². The number of hydrogen-bond donors (Lipinski definition) is 1. The molecule has 1 fully saturated rings. The third kappa shape index (κ3) is 2.76. The van der Waals surface area contributed by atoms with E-state index in [4.69, 9.17) is 0 Å². The van der Waals surface area contributed by atoms with Gasteiger partial charge < -0.3 is 5.32 Å². The number of halogens is 2. The molecular formula is C16H17F2NS. The Balaban J connectivity index is 1.82. The summed E-state index contributed by atoms with van der Waals surface area (Å²) in [6.07, 6.45) is 2.37. The highest BCUT2D eigenvalue weighted by atomic mass is 32.1. The molecule has 0 aliphatic heterocycles. The van der Waals surface area contributed by atoms with Crippen molar-refractivity contribution < 1.29 is 8.78 Å². The third-order valence-corrected chi connectivity index (χ3v) is 4.76. The van der Waals surface area contributed by atoms with Gasteiger partial charge in [-0.1, -0.05) is 12.1 Å². The third-order valence-electron chi connectivity index (χ3n) is 3.81. The Morgan fingerprint density at radius 3 is 2.40 bits per heavy atom. The molecule has 0 spiro atoms. The van der Waals surface area contributed by atoms with E-state index in [1.165, 1.54) is 35.9 Å². The lowest BCUT2D eigenvalue weighted by molar-refractivity contribution is 0.409. The highest BCUT2D eigenvalue weighted by Gasteiger charge is 2.34. The van der Waals surface area contributed by atoms with Crippen molar-refractivity contribution in [2.24, 2.45) is 5.92 Å².